The molecule has 48 heavy (non-hydrogen) atoms. The van der Waals surface area contributed by atoms with Crippen molar-refractivity contribution in [3.8, 4) is 0 Å². The van der Waals surface area contributed by atoms with Crippen molar-refractivity contribution in [1.82, 2.24) is 21.3 Å². The summed E-state index contributed by atoms with van der Waals surface area (Å²) in [7, 11) is 1.37. The smallest absolute Gasteiger partial charge is 0.328 e. The predicted octanol–water partition coefficient (Wildman–Crippen LogP) is 4.61. The maximum Gasteiger partial charge on any atom is 0.328 e. The van der Waals surface area contributed by atoms with Gasteiger partial charge in [0, 0.05) is 12.5 Å². The van der Waals surface area contributed by atoms with E-state index < -0.39 is 6.04 Å². The van der Waals surface area contributed by atoms with Crippen LogP contribution in [0.25, 0.3) is 0 Å². The SMILES string of the molecule is COC(=O)[C@@H](NC(=O)CC[C@@H](C)[C@H]1CC[C@H]2[C@@H]3[C@H](O)C[C@@H]4C[C@@H](NCCCNCCCNCCCN)CC[C@]4(C)[C@H]3CC[C@]12C)C(C)C. The third-order valence-corrected chi connectivity index (χ3v) is 13.9. The van der Waals surface area contributed by atoms with Gasteiger partial charge in [0.15, 0.2) is 0 Å². The highest BCUT2D eigenvalue weighted by Crippen LogP contribution is 2.68. The van der Waals surface area contributed by atoms with E-state index in [1.54, 1.807) is 0 Å². The van der Waals surface area contributed by atoms with Gasteiger partial charge in [-0.15, -0.1) is 0 Å². The molecule has 9 nitrogen and oxygen atoms in total. The van der Waals surface area contributed by atoms with E-state index in [2.05, 4.69) is 42.0 Å². The highest BCUT2D eigenvalue weighted by Gasteiger charge is 2.62. The molecule has 0 unspecified atom stereocenters. The number of fused-ring (bicyclic) bond motifs is 5. The summed E-state index contributed by atoms with van der Waals surface area (Å²) >= 11 is 0. The van der Waals surface area contributed by atoms with Crippen LogP contribution in [0.2, 0.25) is 0 Å². The van der Waals surface area contributed by atoms with Gasteiger partial charge in [0.25, 0.3) is 0 Å². The Bertz CT molecular complexity index is 1010. The minimum Gasteiger partial charge on any atom is -0.467 e. The molecule has 11 atom stereocenters. The first-order chi connectivity index (χ1) is 23.0. The summed E-state index contributed by atoms with van der Waals surface area (Å²) in [5, 5.41) is 25.7. The largest absolute Gasteiger partial charge is 0.467 e. The average Bonchev–Trinajstić information content (AvgIpc) is 3.42. The Morgan fingerprint density at radius 3 is 2.19 bits per heavy atom. The molecule has 0 saturated heterocycles. The van der Waals surface area contributed by atoms with Gasteiger partial charge < -0.3 is 36.8 Å². The van der Waals surface area contributed by atoms with Crippen molar-refractivity contribution in [3.63, 3.8) is 0 Å². The highest BCUT2D eigenvalue weighted by molar-refractivity contribution is 5.84. The first kappa shape index (κ1) is 39.5. The van der Waals surface area contributed by atoms with Gasteiger partial charge in [-0.25, -0.2) is 4.79 Å². The first-order valence-electron chi connectivity index (χ1n) is 19.9. The minimum atomic E-state index is -0.595. The van der Waals surface area contributed by atoms with Crippen molar-refractivity contribution in [1.29, 1.82) is 0 Å². The Balaban J connectivity index is 1.23. The van der Waals surface area contributed by atoms with Gasteiger partial charge in [-0.2, -0.15) is 0 Å². The molecule has 0 aromatic heterocycles. The number of ether oxygens (including phenoxy) is 1. The molecule has 0 aliphatic heterocycles. The number of hydrogen-bond donors (Lipinski definition) is 6. The topological polar surface area (TPSA) is 138 Å². The molecule has 4 rings (SSSR count). The van der Waals surface area contributed by atoms with Gasteiger partial charge in [0.2, 0.25) is 5.91 Å². The fourth-order valence-corrected chi connectivity index (χ4v) is 11.1. The fourth-order valence-electron chi connectivity index (χ4n) is 11.1. The van der Waals surface area contributed by atoms with E-state index in [0.717, 1.165) is 71.4 Å². The number of aliphatic hydroxyl groups is 1. The molecule has 4 aliphatic carbocycles. The van der Waals surface area contributed by atoms with E-state index in [-0.39, 0.29) is 29.3 Å². The molecule has 9 heteroatoms. The maximum atomic E-state index is 12.9. The fraction of sp³-hybridized carbons (Fsp3) is 0.949. The molecule has 1 amide bonds. The number of carbonyl (C=O) groups is 2. The van der Waals surface area contributed by atoms with Crippen molar-refractivity contribution in [2.75, 3.05) is 46.4 Å². The normalized spacial score (nSPS) is 35.7. The number of nitrogens with one attached hydrogen (secondary N) is 4. The number of nitrogens with two attached hydrogens (primary N) is 1. The van der Waals surface area contributed by atoms with E-state index in [4.69, 9.17) is 10.5 Å². The maximum absolute atomic E-state index is 12.9. The molecule has 4 fully saturated rings. The number of methoxy groups -OCH3 is 1. The van der Waals surface area contributed by atoms with Crippen LogP contribution in [-0.4, -0.2) is 81.5 Å². The lowest BCUT2D eigenvalue weighted by molar-refractivity contribution is -0.167. The van der Waals surface area contributed by atoms with Crippen LogP contribution in [0.1, 0.15) is 118 Å². The van der Waals surface area contributed by atoms with E-state index in [9.17, 15) is 14.7 Å². The van der Waals surface area contributed by atoms with E-state index >= 15 is 0 Å². The molecular weight excluding hydrogens is 602 g/mol. The van der Waals surface area contributed by atoms with Crippen LogP contribution in [0, 0.1) is 52.3 Å². The molecule has 0 radical (unpaired) electrons. The second-order valence-electron chi connectivity index (χ2n) is 17.1. The third-order valence-electron chi connectivity index (χ3n) is 13.9. The Morgan fingerprint density at radius 2 is 1.52 bits per heavy atom. The minimum absolute atomic E-state index is 0.0131. The van der Waals surface area contributed by atoms with Gasteiger partial charge in [0.05, 0.1) is 13.2 Å². The number of carbonyl (C=O) groups excluding carboxylic acids is 2. The summed E-state index contributed by atoms with van der Waals surface area (Å²) in [6.45, 7) is 17.3. The Morgan fingerprint density at radius 1 is 0.875 bits per heavy atom. The Labute approximate surface area is 292 Å². The molecular formula is C39H73N5O4. The van der Waals surface area contributed by atoms with Crippen molar-refractivity contribution in [2.24, 2.45) is 58.0 Å². The zero-order valence-electron chi connectivity index (χ0n) is 31.5. The molecule has 4 saturated carbocycles. The number of amides is 1. The summed E-state index contributed by atoms with van der Waals surface area (Å²) in [4.78, 5) is 25.0. The van der Waals surface area contributed by atoms with E-state index in [0.29, 0.717) is 53.4 Å². The predicted molar refractivity (Wildman–Crippen MR) is 194 cm³/mol. The summed E-state index contributed by atoms with van der Waals surface area (Å²) in [5.74, 6) is 2.75. The molecule has 278 valence electrons. The van der Waals surface area contributed by atoms with Crippen LogP contribution in [-0.2, 0) is 14.3 Å². The third kappa shape index (κ3) is 9.34. The van der Waals surface area contributed by atoms with E-state index in [1.165, 1.54) is 52.1 Å². The summed E-state index contributed by atoms with van der Waals surface area (Å²) in [5.41, 5.74) is 6.10. The van der Waals surface area contributed by atoms with Crippen molar-refractivity contribution in [2.45, 2.75) is 136 Å². The van der Waals surface area contributed by atoms with Gasteiger partial charge >= 0.3 is 5.97 Å². The lowest BCUT2D eigenvalue weighted by atomic mass is 9.43. The molecule has 4 aliphatic rings. The molecule has 0 heterocycles. The Kier molecular flexibility index (Phi) is 15.1. The van der Waals surface area contributed by atoms with Gasteiger partial charge in [-0.3, -0.25) is 4.79 Å². The van der Waals surface area contributed by atoms with E-state index in [1.807, 2.05) is 13.8 Å². The summed E-state index contributed by atoms with van der Waals surface area (Å²) in [6, 6.07) is -0.0210. The zero-order chi connectivity index (χ0) is 34.9. The quantitative estimate of drug-likeness (QED) is 0.0863. The number of esters is 1. The van der Waals surface area contributed by atoms with Crippen LogP contribution in [0.3, 0.4) is 0 Å². The number of aliphatic hydroxyl groups excluding tert-OH is 1. The Hall–Kier alpha value is -1.26. The van der Waals surface area contributed by atoms with Gasteiger partial charge in [0.1, 0.15) is 6.04 Å². The van der Waals surface area contributed by atoms with Crippen LogP contribution >= 0.6 is 0 Å². The number of hydrogen-bond acceptors (Lipinski definition) is 8. The molecule has 0 bridgehead atoms. The molecule has 0 spiro atoms. The number of rotatable bonds is 19. The molecule has 0 aromatic rings. The van der Waals surface area contributed by atoms with Gasteiger partial charge in [-0.1, -0.05) is 34.6 Å². The molecule has 7 N–H and O–H groups in total. The standard InChI is InChI=1S/C39H73N5O4/c1-26(2)36(37(47)48-6)44-34(46)13-10-27(3)30-11-12-31-35-32(15-17-39(30,31)5)38(4)16-14-29(24-28(38)25-33(35)45)43-23-9-22-42-21-8-20-41-19-7-18-40/h26-33,35-36,41-43,45H,7-25,40H2,1-6H3,(H,44,46)/t27-,28+,29+,30-,31+,32+,33-,35+,36+,38+,39-/m1/s1. The monoisotopic (exact) mass is 676 g/mol. The zero-order valence-corrected chi connectivity index (χ0v) is 31.5. The lowest BCUT2D eigenvalue weighted by Gasteiger charge is -2.62. The second-order valence-corrected chi connectivity index (χ2v) is 17.1. The van der Waals surface area contributed by atoms with Crippen LogP contribution < -0.4 is 27.0 Å². The van der Waals surface area contributed by atoms with Crippen molar-refractivity contribution < 1.29 is 19.4 Å². The highest BCUT2D eigenvalue weighted by atomic mass is 16.5. The van der Waals surface area contributed by atoms with Crippen LogP contribution in [0.5, 0.6) is 0 Å². The second kappa shape index (κ2) is 18.3. The molecule has 0 aromatic carbocycles. The van der Waals surface area contributed by atoms with Crippen LogP contribution in [0.4, 0.5) is 0 Å². The van der Waals surface area contributed by atoms with Gasteiger partial charge in [-0.05, 0) is 169 Å². The average molecular weight is 676 g/mol. The summed E-state index contributed by atoms with van der Waals surface area (Å²) in [6.07, 6.45) is 14.0. The van der Waals surface area contributed by atoms with Crippen LogP contribution in [0.15, 0.2) is 0 Å². The van der Waals surface area contributed by atoms with Crippen molar-refractivity contribution in [3.05, 3.63) is 0 Å². The lowest BCUT2D eigenvalue weighted by Crippen LogP contribution is -2.59. The van der Waals surface area contributed by atoms with Crippen molar-refractivity contribution >= 4 is 11.9 Å². The summed E-state index contributed by atoms with van der Waals surface area (Å²) < 4.78 is 4.91. The first-order valence-corrected chi connectivity index (χ1v) is 19.9.